The molecule has 2 aromatic rings. The van der Waals surface area contributed by atoms with Crippen LogP contribution < -0.4 is 10.6 Å². The van der Waals surface area contributed by atoms with Crippen molar-refractivity contribution in [3.8, 4) is 0 Å². The lowest BCUT2D eigenvalue weighted by Gasteiger charge is -2.27. The van der Waals surface area contributed by atoms with Crippen LogP contribution in [-0.4, -0.2) is 33.8 Å². The van der Waals surface area contributed by atoms with Crippen molar-refractivity contribution in [3.05, 3.63) is 47.3 Å². The van der Waals surface area contributed by atoms with Crippen molar-refractivity contribution in [1.82, 2.24) is 25.4 Å². The van der Waals surface area contributed by atoms with Crippen LogP contribution in [0.4, 0.5) is 4.39 Å². The Balaban J connectivity index is 1.75. The molecule has 146 valence electrons. The minimum Gasteiger partial charge on any atom is -0.357 e. The smallest absolute Gasteiger partial charge is 0.191 e. The van der Waals surface area contributed by atoms with E-state index < -0.39 is 0 Å². The number of aromatic nitrogens is 3. The molecule has 27 heavy (non-hydrogen) atoms. The number of halogens is 1. The monoisotopic (exact) mass is 372 g/mol. The third-order valence-electron chi connectivity index (χ3n) is 4.87. The van der Waals surface area contributed by atoms with Crippen molar-refractivity contribution in [1.29, 1.82) is 0 Å². The molecule has 2 heterocycles. The molecule has 1 unspecified atom stereocenters. The van der Waals surface area contributed by atoms with Gasteiger partial charge in [0.2, 0.25) is 0 Å². The molecule has 1 aliphatic heterocycles. The molecule has 0 radical (unpaired) electrons. The highest BCUT2D eigenvalue weighted by atomic mass is 19.1. The van der Waals surface area contributed by atoms with E-state index in [4.69, 9.17) is 4.99 Å². The Morgan fingerprint density at radius 3 is 2.96 bits per heavy atom. The van der Waals surface area contributed by atoms with E-state index in [0.717, 1.165) is 49.1 Å². The molecule has 7 heteroatoms. The Morgan fingerprint density at radius 2 is 2.22 bits per heavy atom. The number of hydrogen-bond donors (Lipinski definition) is 2. The summed E-state index contributed by atoms with van der Waals surface area (Å²) in [5.74, 6) is 2.30. The predicted molar refractivity (Wildman–Crippen MR) is 105 cm³/mol. The highest BCUT2D eigenvalue weighted by Crippen LogP contribution is 2.25. The molecule has 3 rings (SSSR count). The molecule has 0 fully saturated rings. The highest BCUT2D eigenvalue weighted by molar-refractivity contribution is 5.80. The summed E-state index contributed by atoms with van der Waals surface area (Å²) in [6.45, 7) is 10.3. The molecule has 1 aromatic heterocycles. The van der Waals surface area contributed by atoms with E-state index in [9.17, 15) is 4.39 Å². The van der Waals surface area contributed by atoms with Crippen molar-refractivity contribution >= 4 is 5.96 Å². The van der Waals surface area contributed by atoms with Crippen LogP contribution in [0.25, 0.3) is 0 Å². The van der Waals surface area contributed by atoms with Gasteiger partial charge in [-0.1, -0.05) is 26.0 Å². The summed E-state index contributed by atoms with van der Waals surface area (Å²) in [5.41, 5.74) is 0.670. The summed E-state index contributed by atoms with van der Waals surface area (Å²) < 4.78 is 15.6. The Hall–Kier alpha value is -2.44. The number of nitrogens with one attached hydrogen (secondary N) is 2. The summed E-state index contributed by atoms with van der Waals surface area (Å²) in [6.07, 6.45) is 2.05. The van der Waals surface area contributed by atoms with Crippen LogP contribution in [0.15, 0.2) is 29.3 Å². The van der Waals surface area contributed by atoms with Crippen molar-refractivity contribution in [2.75, 3.05) is 13.1 Å². The van der Waals surface area contributed by atoms with Crippen LogP contribution in [0.3, 0.4) is 0 Å². The van der Waals surface area contributed by atoms with Gasteiger partial charge < -0.3 is 10.6 Å². The van der Waals surface area contributed by atoms with Gasteiger partial charge in [-0.25, -0.2) is 14.1 Å². The van der Waals surface area contributed by atoms with Crippen LogP contribution in [-0.2, 0) is 12.0 Å². The molecule has 0 saturated carbocycles. The van der Waals surface area contributed by atoms with Gasteiger partial charge in [0, 0.05) is 18.5 Å². The lowest BCUT2D eigenvalue weighted by atomic mass is 9.85. The molecule has 1 aliphatic rings. The molecular weight excluding hydrogens is 343 g/mol. The molecule has 1 atom stereocenters. The van der Waals surface area contributed by atoms with Gasteiger partial charge in [-0.15, -0.1) is 0 Å². The van der Waals surface area contributed by atoms with Crippen LogP contribution >= 0.6 is 0 Å². The first-order valence-corrected chi connectivity index (χ1v) is 9.61. The average Bonchev–Trinajstić information content (AvgIpc) is 3.01. The number of fused-ring (bicyclic) bond motifs is 1. The first kappa shape index (κ1) is 19.3. The minimum absolute atomic E-state index is 0.0926. The lowest BCUT2D eigenvalue weighted by Crippen LogP contribution is -2.42. The third-order valence-corrected chi connectivity index (χ3v) is 4.87. The number of aliphatic imine (C=N–C) groups is 1. The van der Waals surface area contributed by atoms with Crippen molar-refractivity contribution in [2.45, 2.75) is 58.5 Å². The van der Waals surface area contributed by atoms with Crippen molar-refractivity contribution in [3.63, 3.8) is 0 Å². The van der Waals surface area contributed by atoms with Crippen molar-refractivity contribution in [2.24, 2.45) is 4.99 Å². The molecule has 6 nitrogen and oxygen atoms in total. The van der Waals surface area contributed by atoms with Crippen LogP contribution in [0, 0.1) is 12.7 Å². The summed E-state index contributed by atoms with van der Waals surface area (Å²) in [5, 5.41) is 11.3. The normalized spacial score (nSPS) is 17.5. The van der Waals surface area contributed by atoms with Crippen molar-refractivity contribution < 1.29 is 4.39 Å². The predicted octanol–water partition coefficient (Wildman–Crippen LogP) is 3.09. The first-order chi connectivity index (χ1) is 12.9. The third kappa shape index (κ3) is 4.64. The maximum Gasteiger partial charge on any atom is 0.191 e. The van der Waals surface area contributed by atoms with E-state index in [0.29, 0.717) is 6.54 Å². The van der Waals surface area contributed by atoms with Gasteiger partial charge in [0.1, 0.15) is 17.5 Å². The van der Waals surface area contributed by atoms with Gasteiger partial charge >= 0.3 is 0 Å². The van der Waals surface area contributed by atoms with E-state index in [-0.39, 0.29) is 17.3 Å². The molecule has 0 aliphatic carbocycles. The highest BCUT2D eigenvalue weighted by Gasteiger charge is 2.25. The number of aryl methyl sites for hydroxylation is 2. The Bertz CT molecular complexity index is 811. The zero-order valence-electron chi connectivity index (χ0n) is 16.6. The second kappa shape index (κ2) is 8.06. The molecule has 0 bridgehead atoms. The van der Waals surface area contributed by atoms with Gasteiger partial charge in [-0.3, -0.25) is 4.99 Å². The number of nitrogens with zero attached hydrogens (tertiary/aromatic N) is 4. The zero-order valence-corrected chi connectivity index (χ0v) is 16.6. The molecule has 0 saturated heterocycles. The fourth-order valence-corrected chi connectivity index (χ4v) is 3.37. The first-order valence-electron chi connectivity index (χ1n) is 9.61. The van der Waals surface area contributed by atoms with Crippen LogP contribution in [0.2, 0.25) is 0 Å². The van der Waals surface area contributed by atoms with E-state index >= 15 is 0 Å². The largest absolute Gasteiger partial charge is 0.357 e. The van der Waals surface area contributed by atoms with Gasteiger partial charge in [-0.05, 0) is 44.4 Å². The second-order valence-electron chi connectivity index (χ2n) is 7.67. The maximum atomic E-state index is 13.6. The number of hydrogen-bond acceptors (Lipinski definition) is 3. The molecule has 0 spiro atoms. The SMILES string of the molecule is CCNC(=NCC(C)(C)c1cccc(F)c1)NC1CCCn2nc(C)nc21. The quantitative estimate of drug-likeness (QED) is 0.625. The summed E-state index contributed by atoms with van der Waals surface area (Å²) in [7, 11) is 0. The molecule has 2 N–H and O–H groups in total. The summed E-state index contributed by atoms with van der Waals surface area (Å²) in [4.78, 5) is 9.36. The molecular formula is C20H29FN6. The molecule has 0 amide bonds. The number of benzene rings is 1. The number of guanidine groups is 1. The fourth-order valence-electron chi connectivity index (χ4n) is 3.37. The summed E-state index contributed by atoms with van der Waals surface area (Å²) >= 11 is 0. The van der Waals surface area contributed by atoms with Crippen LogP contribution in [0.5, 0.6) is 0 Å². The topological polar surface area (TPSA) is 67.1 Å². The van der Waals surface area contributed by atoms with Gasteiger partial charge in [0.15, 0.2) is 5.96 Å². The Kier molecular flexibility index (Phi) is 5.77. The lowest BCUT2D eigenvalue weighted by molar-refractivity contribution is 0.397. The average molecular weight is 372 g/mol. The maximum absolute atomic E-state index is 13.6. The zero-order chi connectivity index (χ0) is 19.4. The number of rotatable bonds is 5. The Morgan fingerprint density at radius 1 is 1.41 bits per heavy atom. The fraction of sp³-hybridized carbons (Fsp3) is 0.550. The van der Waals surface area contributed by atoms with Gasteiger partial charge in [-0.2, -0.15) is 5.10 Å². The second-order valence-corrected chi connectivity index (χ2v) is 7.67. The molecule has 1 aromatic carbocycles. The minimum atomic E-state index is -0.270. The summed E-state index contributed by atoms with van der Waals surface area (Å²) in [6, 6.07) is 6.84. The van der Waals surface area contributed by atoms with Crippen LogP contribution in [0.1, 0.15) is 56.9 Å². The van der Waals surface area contributed by atoms with E-state index in [1.165, 1.54) is 6.07 Å². The van der Waals surface area contributed by atoms with E-state index in [2.05, 4.69) is 34.6 Å². The van der Waals surface area contributed by atoms with Gasteiger partial charge in [0.05, 0.1) is 12.6 Å². The van der Waals surface area contributed by atoms with E-state index in [1.807, 2.05) is 24.6 Å². The van der Waals surface area contributed by atoms with E-state index in [1.54, 1.807) is 12.1 Å². The Labute approximate surface area is 160 Å². The standard InChI is InChI=1S/C20H29FN6/c1-5-22-19(23-13-20(3,4)15-8-6-9-16(21)12-15)25-17-10-7-11-27-18(17)24-14(2)26-27/h6,8-9,12,17H,5,7,10-11,13H2,1-4H3,(H2,22,23,25). The van der Waals surface area contributed by atoms with Gasteiger partial charge in [0.25, 0.3) is 0 Å².